The molecule has 3 aliphatic rings. The van der Waals surface area contributed by atoms with Gasteiger partial charge in [-0.2, -0.15) is 0 Å². The van der Waals surface area contributed by atoms with Crippen molar-refractivity contribution in [3.8, 4) is 0 Å². The summed E-state index contributed by atoms with van der Waals surface area (Å²) in [5, 5.41) is 2.30. The van der Waals surface area contributed by atoms with E-state index in [2.05, 4.69) is 33.4 Å². The lowest BCUT2D eigenvalue weighted by atomic mass is 9.87. The molecule has 0 spiro atoms. The van der Waals surface area contributed by atoms with Crippen LogP contribution in [-0.4, -0.2) is 51.6 Å². The molecule has 6 rings (SSSR count). The van der Waals surface area contributed by atoms with Crippen molar-refractivity contribution < 1.29 is 18.8 Å². The molecule has 1 aromatic heterocycles. The minimum Gasteiger partial charge on any atom is -0.322 e. The zero-order valence-corrected chi connectivity index (χ0v) is 19.9. The second kappa shape index (κ2) is 8.80. The molecule has 2 fully saturated rings. The Bertz CT molecular complexity index is 1350. The summed E-state index contributed by atoms with van der Waals surface area (Å²) in [6, 6.07) is 8.76. The highest BCUT2D eigenvalue weighted by molar-refractivity contribution is 7.16. The number of carbonyl (C=O) groups is 3. The Kier molecular flexibility index (Phi) is 5.61. The fourth-order valence-electron chi connectivity index (χ4n) is 5.64. The maximum Gasteiger partial charge on any atom is 0.255 e. The van der Waals surface area contributed by atoms with Crippen molar-refractivity contribution in [1.82, 2.24) is 20.1 Å². The summed E-state index contributed by atoms with van der Waals surface area (Å²) < 4.78 is 16.4. The van der Waals surface area contributed by atoms with Crippen molar-refractivity contribution in [3.05, 3.63) is 63.9 Å². The van der Waals surface area contributed by atoms with E-state index < -0.39 is 11.9 Å². The van der Waals surface area contributed by atoms with E-state index in [1.54, 1.807) is 11.3 Å². The first-order valence-corrected chi connectivity index (χ1v) is 12.9. The Morgan fingerprint density at radius 1 is 1.11 bits per heavy atom. The van der Waals surface area contributed by atoms with Crippen LogP contribution in [0.3, 0.4) is 0 Å². The van der Waals surface area contributed by atoms with Crippen LogP contribution in [0.4, 0.5) is 4.39 Å². The van der Waals surface area contributed by atoms with Crippen molar-refractivity contribution in [2.24, 2.45) is 0 Å². The zero-order valence-electron chi connectivity index (χ0n) is 19.1. The normalized spacial score (nSPS) is 21.6. The van der Waals surface area contributed by atoms with Crippen LogP contribution in [0.5, 0.6) is 0 Å². The van der Waals surface area contributed by atoms with E-state index in [-0.39, 0.29) is 36.5 Å². The zero-order chi connectivity index (χ0) is 24.1. The number of amides is 3. The number of aromatic nitrogens is 1. The first-order valence-electron chi connectivity index (χ1n) is 12.0. The molecule has 180 valence electrons. The Morgan fingerprint density at radius 2 is 1.94 bits per heavy atom. The number of benzene rings is 2. The molecule has 0 bridgehead atoms. The number of hydrogen-bond acceptors (Lipinski definition) is 6. The number of piperidine rings is 2. The van der Waals surface area contributed by atoms with E-state index in [1.165, 1.54) is 21.2 Å². The van der Waals surface area contributed by atoms with Crippen LogP contribution in [0.15, 0.2) is 35.8 Å². The molecule has 3 aliphatic heterocycles. The summed E-state index contributed by atoms with van der Waals surface area (Å²) >= 11 is 1.65. The maximum absolute atomic E-state index is 15.2. The van der Waals surface area contributed by atoms with Gasteiger partial charge in [0.05, 0.1) is 15.7 Å². The standard InChI is InChI=1S/C26H25FN4O3S/c27-20-11-19-17(13-31(26(19)34)21-4-5-23(32)29-25(21)33)10-18(20)15-6-8-30(9-7-15)12-16-2-1-3-22-24(16)28-14-35-22/h1-3,10-11,14-15,21H,4-9,12-13H2,(H,29,32,33). The number of para-hydroxylation sites is 1. The Balaban J connectivity index is 1.15. The Morgan fingerprint density at radius 3 is 2.74 bits per heavy atom. The molecule has 7 nitrogen and oxygen atoms in total. The average Bonchev–Trinajstić information content (AvgIpc) is 3.45. The molecule has 3 amide bonds. The number of nitrogens with zero attached hydrogens (tertiary/aromatic N) is 3. The van der Waals surface area contributed by atoms with Gasteiger partial charge in [-0.05, 0) is 67.1 Å². The van der Waals surface area contributed by atoms with Gasteiger partial charge in [0.25, 0.3) is 5.91 Å². The lowest BCUT2D eigenvalue weighted by Gasteiger charge is -2.32. The number of hydrogen-bond donors (Lipinski definition) is 1. The van der Waals surface area contributed by atoms with Crippen LogP contribution >= 0.6 is 11.3 Å². The monoisotopic (exact) mass is 492 g/mol. The fourth-order valence-corrected chi connectivity index (χ4v) is 6.36. The van der Waals surface area contributed by atoms with Gasteiger partial charge in [0.1, 0.15) is 11.9 Å². The lowest BCUT2D eigenvalue weighted by Crippen LogP contribution is -2.52. The number of nitrogens with one attached hydrogen (secondary N) is 1. The van der Waals surface area contributed by atoms with Gasteiger partial charge in [-0.3, -0.25) is 24.6 Å². The van der Waals surface area contributed by atoms with E-state index in [0.29, 0.717) is 17.5 Å². The molecule has 0 saturated carbocycles. The molecular formula is C26H25FN4O3S. The number of fused-ring (bicyclic) bond motifs is 2. The summed E-state index contributed by atoms with van der Waals surface area (Å²) in [5.41, 5.74) is 5.90. The number of carbonyl (C=O) groups excluding carboxylic acids is 3. The van der Waals surface area contributed by atoms with Crippen LogP contribution < -0.4 is 5.32 Å². The molecular weight excluding hydrogens is 467 g/mol. The SMILES string of the molecule is O=C1CCC(N2Cc3cc(C4CCN(Cc5cccc6scnc56)CC4)c(F)cc3C2=O)C(=O)N1. The van der Waals surface area contributed by atoms with E-state index in [0.717, 1.165) is 43.6 Å². The first kappa shape index (κ1) is 22.3. The molecule has 1 N–H and O–H groups in total. The molecule has 0 aliphatic carbocycles. The number of rotatable bonds is 4. The van der Waals surface area contributed by atoms with Crippen molar-refractivity contribution >= 4 is 39.3 Å². The quantitative estimate of drug-likeness (QED) is 0.563. The second-order valence-electron chi connectivity index (χ2n) is 9.60. The molecule has 3 aromatic rings. The van der Waals surface area contributed by atoms with Crippen LogP contribution in [0.1, 0.15) is 58.6 Å². The van der Waals surface area contributed by atoms with E-state index in [9.17, 15) is 14.4 Å². The highest BCUT2D eigenvalue weighted by Crippen LogP contribution is 2.36. The maximum atomic E-state index is 15.2. The van der Waals surface area contributed by atoms with Gasteiger partial charge in [-0.1, -0.05) is 18.2 Å². The van der Waals surface area contributed by atoms with Crippen LogP contribution in [0.2, 0.25) is 0 Å². The van der Waals surface area contributed by atoms with Crippen molar-refractivity contribution in [2.75, 3.05) is 13.1 Å². The molecule has 35 heavy (non-hydrogen) atoms. The van der Waals surface area contributed by atoms with Crippen molar-refractivity contribution in [3.63, 3.8) is 0 Å². The number of likely N-dealkylation sites (tertiary alicyclic amines) is 1. The molecule has 9 heteroatoms. The predicted molar refractivity (Wildman–Crippen MR) is 129 cm³/mol. The molecule has 0 radical (unpaired) electrons. The summed E-state index contributed by atoms with van der Waals surface area (Å²) in [5.74, 6) is -1.38. The van der Waals surface area contributed by atoms with Gasteiger partial charge in [0.15, 0.2) is 0 Å². The number of thiazole rings is 1. The van der Waals surface area contributed by atoms with Crippen molar-refractivity contribution in [2.45, 2.75) is 50.7 Å². The molecule has 1 unspecified atom stereocenters. The average molecular weight is 493 g/mol. The third kappa shape index (κ3) is 4.02. The third-order valence-electron chi connectivity index (χ3n) is 7.51. The first-order chi connectivity index (χ1) is 17.0. The van der Waals surface area contributed by atoms with Gasteiger partial charge < -0.3 is 4.90 Å². The highest BCUT2D eigenvalue weighted by atomic mass is 32.1. The lowest BCUT2D eigenvalue weighted by molar-refractivity contribution is -0.136. The molecule has 2 saturated heterocycles. The topological polar surface area (TPSA) is 82.6 Å². The Labute approximate surface area is 205 Å². The van der Waals surface area contributed by atoms with Crippen LogP contribution in [-0.2, 0) is 22.7 Å². The van der Waals surface area contributed by atoms with Gasteiger partial charge in [-0.15, -0.1) is 11.3 Å². The van der Waals surface area contributed by atoms with Gasteiger partial charge in [-0.25, -0.2) is 9.37 Å². The summed E-state index contributed by atoms with van der Waals surface area (Å²) in [6.45, 7) is 2.83. The summed E-state index contributed by atoms with van der Waals surface area (Å²) in [7, 11) is 0. The van der Waals surface area contributed by atoms with Gasteiger partial charge in [0.2, 0.25) is 11.8 Å². The van der Waals surface area contributed by atoms with Crippen LogP contribution in [0, 0.1) is 5.82 Å². The number of imide groups is 1. The Hall–Kier alpha value is -3.17. The highest BCUT2D eigenvalue weighted by Gasteiger charge is 2.40. The minimum atomic E-state index is -0.690. The fraction of sp³-hybridized carbons (Fsp3) is 0.385. The van der Waals surface area contributed by atoms with Crippen molar-refractivity contribution in [1.29, 1.82) is 0 Å². The van der Waals surface area contributed by atoms with E-state index >= 15 is 4.39 Å². The van der Waals surface area contributed by atoms with E-state index in [1.807, 2.05) is 11.6 Å². The predicted octanol–water partition coefficient (Wildman–Crippen LogP) is 3.58. The summed E-state index contributed by atoms with van der Waals surface area (Å²) in [6.07, 6.45) is 2.18. The molecule has 2 aromatic carbocycles. The molecule has 1 atom stereocenters. The second-order valence-corrected chi connectivity index (χ2v) is 10.5. The number of halogens is 1. The van der Waals surface area contributed by atoms with E-state index in [4.69, 9.17) is 0 Å². The third-order valence-corrected chi connectivity index (χ3v) is 8.30. The molecule has 4 heterocycles. The smallest absolute Gasteiger partial charge is 0.255 e. The summed E-state index contributed by atoms with van der Waals surface area (Å²) in [4.78, 5) is 45.1. The minimum absolute atomic E-state index is 0.0892. The van der Waals surface area contributed by atoms with Crippen LogP contribution in [0.25, 0.3) is 10.2 Å². The largest absolute Gasteiger partial charge is 0.322 e. The van der Waals surface area contributed by atoms with Gasteiger partial charge >= 0.3 is 0 Å². The van der Waals surface area contributed by atoms with Gasteiger partial charge in [0, 0.05) is 25.1 Å².